The molecule has 4 nitrogen and oxygen atoms in total. The lowest BCUT2D eigenvalue weighted by molar-refractivity contribution is 0.512. The summed E-state index contributed by atoms with van der Waals surface area (Å²) in [5.74, 6) is 0.811. The molecule has 0 aliphatic rings. The molecule has 0 bridgehead atoms. The second-order valence-corrected chi connectivity index (χ2v) is 4.51. The highest BCUT2D eigenvalue weighted by atomic mass is 35.5. The second kappa shape index (κ2) is 5.19. The molecule has 2 rings (SSSR count). The van der Waals surface area contributed by atoms with Gasteiger partial charge in [0.2, 0.25) is 0 Å². The van der Waals surface area contributed by atoms with Gasteiger partial charge in [-0.25, -0.2) is 4.98 Å². The van der Waals surface area contributed by atoms with Crippen molar-refractivity contribution >= 4 is 17.4 Å². The van der Waals surface area contributed by atoms with E-state index in [-0.39, 0.29) is 0 Å². The Morgan fingerprint density at radius 1 is 1.35 bits per heavy atom. The van der Waals surface area contributed by atoms with E-state index in [0.29, 0.717) is 17.6 Å². The number of anilines is 1. The van der Waals surface area contributed by atoms with Crippen LogP contribution in [0.25, 0.3) is 0 Å². The van der Waals surface area contributed by atoms with Crippen LogP contribution in [0, 0.1) is 0 Å². The smallest absolute Gasteiger partial charge is 0.126 e. The fraction of sp³-hybridized carbons (Fsp3) is 0.333. The summed E-state index contributed by atoms with van der Waals surface area (Å²) >= 11 is 5.77. The standard InChI is InChI=1S/C12H15ClN4/c1-9(2)17-11(5-6-16-17)8-15-12-4-3-10(13)7-14-12/h3-7,9H,8H2,1-2H3,(H,14,15). The van der Waals surface area contributed by atoms with E-state index in [9.17, 15) is 0 Å². The van der Waals surface area contributed by atoms with E-state index >= 15 is 0 Å². The molecule has 0 saturated carbocycles. The summed E-state index contributed by atoms with van der Waals surface area (Å²) in [4.78, 5) is 4.18. The summed E-state index contributed by atoms with van der Waals surface area (Å²) in [6.07, 6.45) is 3.44. The predicted octanol–water partition coefficient (Wildman–Crippen LogP) is 3.12. The first-order chi connectivity index (χ1) is 8.16. The molecule has 17 heavy (non-hydrogen) atoms. The highest BCUT2D eigenvalue weighted by Gasteiger charge is 2.05. The van der Waals surface area contributed by atoms with Gasteiger partial charge in [-0.2, -0.15) is 5.10 Å². The van der Waals surface area contributed by atoms with Crippen LogP contribution in [-0.4, -0.2) is 14.8 Å². The fourth-order valence-corrected chi connectivity index (χ4v) is 1.72. The Balaban J connectivity index is 2.02. The van der Waals surface area contributed by atoms with Crippen molar-refractivity contribution in [1.82, 2.24) is 14.8 Å². The van der Waals surface area contributed by atoms with Crippen molar-refractivity contribution in [3.05, 3.63) is 41.3 Å². The van der Waals surface area contributed by atoms with E-state index in [2.05, 4.69) is 29.2 Å². The Bertz CT molecular complexity index is 476. The van der Waals surface area contributed by atoms with E-state index in [1.165, 1.54) is 0 Å². The van der Waals surface area contributed by atoms with Gasteiger partial charge in [0.1, 0.15) is 5.82 Å². The average molecular weight is 251 g/mol. The molecule has 90 valence electrons. The van der Waals surface area contributed by atoms with Gasteiger partial charge in [-0.1, -0.05) is 11.6 Å². The molecule has 0 spiro atoms. The molecule has 0 atom stereocenters. The van der Waals surface area contributed by atoms with Crippen molar-refractivity contribution in [3.63, 3.8) is 0 Å². The Morgan fingerprint density at radius 3 is 2.82 bits per heavy atom. The van der Waals surface area contributed by atoms with E-state index < -0.39 is 0 Å². The summed E-state index contributed by atoms with van der Waals surface area (Å²) in [6.45, 7) is 4.92. The molecule has 0 aromatic carbocycles. The maximum Gasteiger partial charge on any atom is 0.126 e. The maximum absolute atomic E-state index is 5.77. The first-order valence-electron chi connectivity index (χ1n) is 5.54. The molecule has 0 unspecified atom stereocenters. The SMILES string of the molecule is CC(C)n1nccc1CNc1ccc(Cl)cn1. The van der Waals surface area contributed by atoms with Crippen molar-refractivity contribution in [3.8, 4) is 0 Å². The van der Waals surface area contributed by atoms with Crippen molar-refractivity contribution in [1.29, 1.82) is 0 Å². The van der Waals surface area contributed by atoms with Gasteiger partial charge in [0.15, 0.2) is 0 Å². The number of aromatic nitrogens is 3. The third-order valence-corrected chi connectivity index (χ3v) is 2.64. The van der Waals surface area contributed by atoms with Crippen molar-refractivity contribution in [2.24, 2.45) is 0 Å². The van der Waals surface area contributed by atoms with Crippen LogP contribution < -0.4 is 5.32 Å². The highest BCUT2D eigenvalue weighted by molar-refractivity contribution is 6.30. The molecule has 0 aliphatic carbocycles. The number of halogens is 1. The zero-order chi connectivity index (χ0) is 12.3. The summed E-state index contributed by atoms with van der Waals surface area (Å²) < 4.78 is 1.99. The van der Waals surface area contributed by atoms with Gasteiger partial charge in [0.25, 0.3) is 0 Å². The fourth-order valence-electron chi connectivity index (χ4n) is 1.61. The molecule has 0 fully saturated rings. The van der Waals surface area contributed by atoms with Crippen LogP contribution in [0.2, 0.25) is 5.02 Å². The molecule has 2 heterocycles. The van der Waals surface area contributed by atoms with Gasteiger partial charge < -0.3 is 5.32 Å². The molecule has 5 heteroatoms. The topological polar surface area (TPSA) is 42.7 Å². The number of hydrogen-bond donors (Lipinski definition) is 1. The third-order valence-electron chi connectivity index (χ3n) is 2.42. The monoisotopic (exact) mass is 250 g/mol. The summed E-state index contributed by atoms with van der Waals surface area (Å²) in [5.41, 5.74) is 1.14. The number of hydrogen-bond acceptors (Lipinski definition) is 3. The normalized spacial score (nSPS) is 10.8. The first-order valence-corrected chi connectivity index (χ1v) is 5.92. The lowest BCUT2D eigenvalue weighted by Crippen LogP contribution is -2.11. The van der Waals surface area contributed by atoms with E-state index in [1.807, 2.05) is 29.1 Å². The molecular weight excluding hydrogens is 236 g/mol. The van der Waals surface area contributed by atoms with E-state index in [4.69, 9.17) is 11.6 Å². The number of nitrogens with zero attached hydrogens (tertiary/aromatic N) is 3. The largest absolute Gasteiger partial charge is 0.364 e. The quantitative estimate of drug-likeness (QED) is 0.907. The van der Waals surface area contributed by atoms with Gasteiger partial charge in [0.05, 0.1) is 17.3 Å². The number of rotatable bonds is 4. The molecule has 2 aromatic heterocycles. The lowest BCUT2D eigenvalue weighted by atomic mass is 10.3. The molecule has 1 N–H and O–H groups in total. The number of nitrogens with one attached hydrogen (secondary N) is 1. The van der Waals surface area contributed by atoms with Gasteiger partial charge in [-0.15, -0.1) is 0 Å². The summed E-state index contributed by atoms with van der Waals surface area (Å²) in [5, 5.41) is 8.16. The highest BCUT2D eigenvalue weighted by Crippen LogP contribution is 2.12. The molecular formula is C12H15ClN4. The minimum Gasteiger partial charge on any atom is -0.364 e. The van der Waals surface area contributed by atoms with Gasteiger partial charge in [-0.3, -0.25) is 4.68 Å². The average Bonchev–Trinajstić information content (AvgIpc) is 2.76. The molecule has 0 saturated heterocycles. The third kappa shape index (κ3) is 2.97. The van der Waals surface area contributed by atoms with Gasteiger partial charge >= 0.3 is 0 Å². The second-order valence-electron chi connectivity index (χ2n) is 4.08. The minimum atomic E-state index is 0.361. The van der Waals surface area contributed by atoms with Crippen LogP contribution in [0.3, 0.4) is 0 Å². The van der Waals surface area contributed by atoms with Crippen molar-refractivity contribution in [2.75, 3.05) is 5.32 Å². The van der Waals surface area contributed by atoms with Crippen LogP contribution >= 0.6 is 11.6 Å². The van der Waals surface area contributed by atoms with Crippen molar-refractivity contribution < 1.29 is 0 Å². The Morgan fingerprint density at radius 2 is 2.18 bits per heavy atom. The predicted molar refractivity (Wildman–Crippen MR) is 69.2 cm³/mol. The van der Waals surface area contributed by atoms with Crippen LogP contribution in [0.4, 0.5) is 5.82 Å². The van der Waals surface area contributed by atoms with Gasteiger partial charge in [-0.05, 0) is 32.0 Å². The maximum atomic E-state index is 5.77. The van der Waals surface area contributed by atoms with E-state index in [0.717, 1.165) is 11.5 Å². The Hall–Kier alpha value is -1.55. The zero-order valence-corrected chi connectivity index (χ0v) is 10.6. The lowest BCUT2D eigenvalue weighted by Gasteiger charge is -2.11. The molecule has 2 aromatic rings. The molecule has 0 radical (unpaired) electrons. The van der Waals surface area contributed by atoms with E-state index in [1.54, 1.807) is 6.20 Å². The zero-order valence-electron chi connectivity index (χ0n) is 9.89. The molecule has 0 amide bonds. The van der Waals surface area contributed by atoms with Crippen molar-refractivity contribution in [2.45, 2.75) is 26.4 Å². The minimum absolute atomic E-state index is 0.361. The summed E-state index contributed by atoms with van der Waals surface area (Å²) in [7, 11) is 0. The van der Waals surface area contributed by atoms with Crippen LogP contribution in [-0.2, 0) is 6.54 Å². The number of pyridine rings is 1. The first kappa shape index (κ1) is 11.9. The molecule has 0 aliphatic heterocycles. The van der Waals surface area contributed by atoms with Gasteiger partial charge in [0, 0.05) is 18.4 Å². The Kier molecular flexibility index (Phi) is 3.64. The van der Waals surface area contributed by atoms with Crippen LogP contribution in [0.15, 0.2) is 30.6 Å². The Labute approximate surface area is 106 Å². The van der Waals surface area contributed by atoms with Crippen LogP contribution in [0.1, 0.15) is 25.6 Å². The van der Waals surface area contributed by atoms with Crippen LogP contribution in [0.5, 0.6) is 0 Å². The summed E-state index contributed by atoms with van der Waals surface area (Å²) in [6, 6.07) is 6.04.